The van der Waals surface area contributed by atoms with Crippen molar-refractivity contribution in [3.63, 3.8) is 0 Å². The summed E-state index contributed by atoms with van der Waals surface area (Å²) in [7, 11) is 0. The van der Waals surface area contributed by atoms with Gasteiger partial charge < -0.3 is 5.11 Å². The Balaban J connectivity index is 1.87. The fourth-order valence-electron chi connectivity index (χ4n) is 2.43. The molecule has 58 valence electrons. The summed E-state index contributed by atoms with van der Waals surface area (Å²) in [6, 6.07) is 0. The van der Waals surface area contributed by atoms with Crippen LogP contribution in [0.1, 0.15) is 12.8 Å². The minimum absolute atomic E-state index is 0.0575. The molecule has 0 amide bonds. The molecule has 0 aromatic rings. The van der Waals surface area contributed by atoms with Crippen molar-refractivity contribution in [1.29, 1.82) is 0 Å². The Morgan fingerprint density at radius 2 is 2.30 bits per heavy atom. The standard InChI is InChI=1S/C8H14OS/c1-10-4-6-5-2-3-7(9)8(5)6/h5-9H,2-4H2,1H3. The smallest absolute Gasteiger partial charge is 0.0574 e. The Bertz CT molecular complexity index is 137. The summed E-state index contributed by atoms with van der Waals surface area (Å²) < 4.78 is 0. The van der Waals surface area contributed by atoms with Crippen molar-refractivity contribution in [3.8, 4) is 0 Å². The SMILES string of the molecule is CSCC1C2CCC(O)C21. The van der Waals surface area contributed by atoms with Gasteiger partial charge in [-0.15, -0.1) is 0 Å². The maximum atomic E-state index is 9.43. The van der Waals surface area contributed by atoms with E-state index in [0.717, 1.165) is 18.3 Å². The third-order valence-corrected chi connectivity index (χ3v) is 3.72. The van der Waals surface area contributed by atoms with Crippen LogP contribution >= 0.6 is 11.8 Å². The number of aliphatic hydroxyl groups is 1. The maximum Gasteiger partial charge on any atom is 0.0574 e. The Labute approximate surface area is 66.2 Å². The summed E-state index contributed by atoms with van der Waals surface area (Å²) in [4.78, 5) is 0. The fourth-order valence-corrected chi connectivity index (χ4v) is 3.29. The van der Waals surface area contributed by atoms with Crippen LogP contribution in [0.5, 0.6) is 0 Å². The molecule has 4 atom stereocenters. The van der Waals surface area contributed by atoms with Crippen LogP contribution in [-0.4, -0.2) is 23.2 Å². The maximum absolute atomic E-state index is 9.43. The zero-order valence-electron chi connectivity index (χ0n) is 6.29. The molecule has 0 saturated heterocycles. The molecular formula is C8H14OS. The monoisotopic (exact) mass is 158 g/mol. The highest BCUT2D eigenvalue weighted by Gasteiger charge is 2.56. The topological polar surface area (TPSA) is 20.2 Å². The van der Waals surface area contributed by atoms with Gasteiger partial charge in [-0.1, -0.05) is 0 Å². The molecule has 2 fully saturated rings. The van der Waals surface area contributed by atoms with Gasteiger partial charge in [0.1, 0.15) is 0 Å². The molecule has 0 heterocycles. The third kappa shape index (κ3) is 0.892. The number of hydrogen-bond donors (Lipinski definition) is 1. The Hall–Kier alpha value is 0.310. The first-order valence-corrected chi connectivity index (χ1v) is 5.41. The van der Waals surface area contributed by atoms with E-state index in [-0.39, 0.29) is 6.10 Å². The van der Waals surface area contributed by atoms with Gasteiger partial charge in [0.05, 0.1) is 6.10 Å². The molecule has 2 heteroatoms. The molecule has 0 radical (unpaired) electrons. The first-order chi connectivity index (χ1) is 4.84. The predicted molar refractivity (Wildman–Crippen MR) is 44.1 cm³/mol. The number of fused-ring (bicyclic) bond motifs is 1. The minimum Gasteiger partial charge on any atom is -0.393 e. The molecule has 0 aliphatic heterocycles. The van der Waals surface area contributed by atoms with Gasteiger partial charge in [-0.25, -0.2) is 0 Å². The first-order valence-electron chi connectivity index (χ1n) is 4.01. The van der Waals surface area contributed by atoms with Crippen molar-refractivity contribution < 1.29 is 5.11 Å². The van der Waals surface area contributed by atoms with Gasteiger partial charge in [-0.2, -0.15) is 11.8 Å². The van der Waals surface area contributed by atoms with Crippen LogP contribution in [-0.2, 0) is 0 Å². The highest BCUT2D eigenvalue weighted by molar-refractivity contribution is 7.98. The van der Waals surface area contributed by atoms with E-state index in [9.17, 15) is 5.11 Å². The van der Waals surface area contributed by atoms with Crippen LogP contribution in [0.3, 0.4) is 0 Å². The van der Waals surface area contributed by atoms with Gasteiger partial charge in [-0.05, 0) is 42.6 Å². The number of aliphatic hydroxyl groups excluding tert-OH is 1. The summed E-state index contributed by atoms with van der Waals surface area (Å²) in [5.74, 6) is 3.75. The Kier molecular flexibility index (Phi) is 1.69. The summed E-state index contributed by atoms with van der Waals surface area (Å²) >= 11 is 1.92. The minimum atomic E-state index is 0.0575. The second-order valence-corrected chi connectivity index (χ2v) is 4.42. The summed E-state index contributed by atoms with van der Waals surface area (Å²) in [5.41, 5.74) is 0. The van der Waals surface area contributed by atoms with Crippen molar-refractivity contribution in [1.82, 2.24) is 0 Å². The normalized spacial score (nSPS) is 51.0. The summed E-state index contributed by atoms with van der Waals surface area (Å²) in [6.07, 6.45) is 4.57. The molecule has 2 saturated carbocycles. The predicted octanol–water partition coefficient (Wildman–Crippen LogP) is 1.37. The van der Waals surface area contributed by atoms with Crippen LogP contribution in [0.4, 0.5) is 0 Å². The van der Waals surface area contributed by atoms with E-state index >= 15 is 0 Å². The zero-order valence-corrected chi connectivity index (χ0v) is 7.10. The van der Waals surface area contributed by atoms with E-state index in [1.54, 1.807) is 0 Å². The lowest BCUT2D eigenvalue weighted by Crippen LogP contribution is -2.08. The van der Waals surface area contributed by atoms with Crippen LogP contribution in [0, 0.1) is 17.8 Å². The van der Waals surface area contributed by atoms with Gasteiger partial charge in [0.15, 0.2) is 0 Å². The number of rotatable bonds is 2. The van der Waals surface area contributed by atoms with Gasteiger partial charge in [0, 0.05) is 0 Å². The van der Waals surface area contributed by atoms with Crippen molar-refractivity contribution in [3.05, 3.63) is 0 Å². The molecule has 0 aromatic carbocycles. The van der Waals surface area contributed by atoms with E-state index in [2.05, 4.69) is 6.26 Å². The average Bonchev–Trinajstić information content (AvgIpc) is 2.45. The second-order valence-electron chi connectivity index (χ2n) is 3.51. The van der Waals surface area contributed by atoms with Crippen molar-refractivity contribution in [2.45, 2.75) is 18.9 Å². The third-order valence-electron chi connectivity index (χ3n) is 3.00. The van der Waals surface area contributed by atoms with Gasteiger partial charge in [-0.3, -0.25) is 0 Å². The van der Waals surface area contributed by atoms with Crippen LogP contribution < -0.4 is 0 Å². The molecule has 2 aliphatic carbocycles. The molecule has 10 heavy (non-hydrogen) atoms. The van der Waals surface area contributed by atoms with Crippen molar-refractivity contribution in [2.75, 3.05) is 12.0 Å². The molecule has 2 rings (SSSR count). The lowest BCUT2D eigenvalue weighted by atomic mass is 10.1. The molecule has 4 unspecified atom stereocenters. The van der Waals surface area contributed by atoms with E-state index < -0.39 is 0 Å². The highest BCUT2D eigenvalue weighted by atomic mass is 32.2. The fraction of sp³-hybridized carbons (Fsp3) is 1.00. The van der Waals surface area contributed by atoms with E-state index in [1.165, 1.54) is 12.2 Å². The van der Waals surface area contributed by atoms with Gasteiger partial charge >= 0.3 is 0 Å². The van der Waals surface area contributed by atoms with Crippen molar-refractivity contribution >= 4 is 11.8 Å². The highest BCUT2D eigenvalue weighted by Crippen LogP contribution is 2.58. The molecule has 1 nitrogen and oxygen atoms in total. The summed E-state index contributed by atoms with van der Waals surface area (Å²) in [6.45, 7) is 0. The van der Waals surface area contributed by atoms with Crippen LogP contribution in [0.2, 0.25) is 0 Å². The van der Waals surface area contributed by atoms with Gasteiger partial charge in [0.2, 0.25) is 0 Å². The van der Waals surface area contributed by atoms with Gasteiger partial charge in [0.25, 0.3) is 0 Å². The zero-order chi connectivity index (χ0) is 7.14. The molecule has 0 spiro atoms. The summed E-state index contributed by atoms with van der Waals surface area (Å²) in [5, 5.41) is 9.43. The Morgan fingerprint density at radius 1 is 1.50 bits per heavy atom. The van der Waals surface area contributed by atoms with E-state index in [0.29, 0.717) is 5.92 Å². The molecule has 0 bridgehead atoms. The van der Waals surface area contributed by atoms with E-state index in [4.69, 9.17) is 0 Å². The number of hydrogen-bond acceptors (Lipinski definition) is 2. The molecule has 2 aliphatic rings. The van der Waals surface area contributed by atoms with E-state index in [1.807, 2.05) is 11.8 Å². The molecule has 1 N–H and O–H groups in total. The lowest BCUT2D eigenvalue weighted by molar-refractivity contribution is 0.152. The molecule has 0 aromatic heterocycles. The lowest BCUT2D eigenvalue weighted by Gasteiger charge is -2.05. The van der Waals surface area contributed by atoms with Crippen LogP contribution in [0.25, 0.3) is 0 Å². The molecular weight excluding hydrogens is 144 g/mol. The first kappa shape index (κ1) is 6.99. The van der Waals surface area contributed by atoms with Crippen molar-refractivity contribution in [2.24, 2.45) is 17.8 Å². The van der Waals surface area contributed by atoms with Crippen LogP contribution in [0.15, 0.2) is 0 Å². The Morgan fingerprint density at radius 3 is 2.80 bits per heavy atom. The quantitative estimate of drug-likeness (QED) is 0.655. The average molecular weight is 158 g/mol. The largest absolute Gasteiger partial charge is 0.393 e. The number of thioether (sulfide) groups is 1. The second kappa shape index (κ2) is 2.42.